The summed E-state index contributed by atoms with van der Waals surface area (Å²) in [6.07, 6.45) is 2.24. The molecule has 104 valence electrons. The predicted molar refractivity (Wildman–Crippen MR) is 66.4 cm³/mol. The van der Waals surface area contributed by atoms with Crippen LogP contribution in [0.25, 0.3) is 0 Å². The Labute approximate surface area is 110 Å². The van der Waals surface area contributed by atoms with Gasteiger partial charge in [-0.25, -0.2) is 5.43 Å². The topological polar surface area (TPSA) is 99.1 Å². The monoisotopic (exact) mass is 267 g/mol. The van der Waals surface area contributed by atoms with Gasteiger partial charge in [-0.2, -0.15) is 5.10 Å². The lowest BCUT2D eigenvalue weighted by Crippen LogP contribution is -2.44. The van der Waals surface area contributed by atoms with E-state index in [0.29, 0.717) is 44.5 Å². The highest BCUT2D eigenvalue weighted by atomic mass is 16.4. The average molecular weight is 267 g/mol. The molecule has 1 saturated heterocycles. The number of rotatable bonds is 3. The standard InChI is InChI=1S/C12H17N3O4/c16-10-2-1-9(13-14-10)12(19)15-5-3-8(4-6-15)7-11(17)18/h8H,1-7H2,(H,14,16)(H,17,18). The van der Waals surface area contributed by atoms with Gasteiger partial charge in [0.2, 0.25) is 5.91 Å². The van der Waals surface area contributed by atoms with Gasteiger partial charge >= 0.3 is 5.97 Å². The van der Waals surface area contributed by atoms with Crippen LogP contribution in [-0.4, -0.2) is 46.6 Å². The van der Waals surface area contributed by atoms with Crippen molar-refractivity contribution in [1.82, 2.24) is 10.3 Å². The van der Waals surface area contributed by atoms with E-state index in [9.17, 15) is 14.4 Å². The molecule has 2 aliphatic heterocycles. The second-order valence-corrected chi connectivity index (χ2v) is 4.93. The Kier molecular flexibility index (Phi) is 4.13. The van der Waals surface area contributed by atoms with Gasteiger partial charge in [0.05, 0.1) is 0 Å². The third kappa shape index (κ3) is 3.52. The number of nitrogens with one attached hydrogen (secondary N) is 1. The number of aliphatic carboxylic acids is 1. The third-order valence-corrected chi connectivity index (χ3v) is 3.52. The maximum atomic E-state index is 12.1. The van der Waals surface area contributed by atoms with E-state index in [1.54, 1.807) is 4.90 Å². The number of piperidine rings is 1. The van der Waals surface area contributed by atoms with Gasteiger partial charge in [0.1, 0.15) is 5.71 Å². The minimum absolute atomic E-state index is 0.145. The van der Waals surface area contributed by atoms with Crippen LogP contribution in [0.3, 0.4) is 0 Å². The lowest BCUT2D eigenvalue weighted by atomic mass is 9.93. The van der Waals surface area contributed by atoms with Crippen molar-refractivity contribution in [2.24, 2.45) is 11.0 Å². The first-order valence-electron chi connectivity index (χ1n) is 6.42. The summed E-state index contributed by atoms with van der Waals surface area (Å²) in [6.45, 7) is 1.12. The Morgan fingerprint density at radius 3 is 2.53 bits per heavy atom. The maximum Gasteiger partial charge on any atom is 0.303 e. The number of hydrogen-bond acceptors (Lipinski definition) is 4. The zero-order valence-electron chi connectivity index (χ0n) is 10.6. The van der Waals surface area contributed by atoms with E-state index in [4.69, 9.17) is 5.11 Å². The minimum Gasteiger partial charge on any atom is -0.481 e. The highest BCUT2D eigenvalue weighted by molar-refractivity contribution is 6.39. The minimum atomic E-state index is -0.788. The molecule has 0 bridgehead atoms. The molecule has 2 aliphatic rings. The Bertz CT molecular complexity index is 425. The van der Waals surface area contributed by atoms with Crippen LogP contribution >= 0.6 is 0 Å². The molecule has 0 atom stereocenters. The van der Waals surface area contributed by atoms with E-state index in [1.807, 2.05) is 0 Å². The van der Waals surface area contributed by atoms with Crippen molar-refractivity contribution in [2.75, 3.05) is 13.1 Å². The quantitative estimate of drug-likeness (QED) is 0.749. The normalized spacial score (nSPS) is 20.7. The molecule has 0 aromatic heterocycles. The number of carbonyl (C=O) groups is 3. The van der Waals surface area contributed by atoms with Gasteiger partial charge in [-0.05, 0) is 18.8 Å². The number of amides is 2. The van der Waals surface area contributed by atoms with E-state index in [2.05, 4.69) is 10.5 Å². The van der Waals surface area contributed by atoms with Gasteiger partial charge in [-0.3, -0.25) is 14.4 Å². The van der Waals surface area contributed by atoms with Crippen molar-refractivity contribution in [2.45, 2.75) is 32.1 Å². The van der Waals surface area contributed by atoms with Gasteiger partial charge in [-0.1, -0.05) is 0 Å². The van der Waals surface area contributed by atoms with Gasteiger partial charge < -0.3 is 10.0 Å². The molecule has 19 heavy (non-hydrogen) atoms. The summed E-state index contributed by atoms with van der Waals surface area (Å²) >= 11 is 0. The van der Waals surface area contributed by atoms with Crippen molar-refractivity contribution in [3.05, 3.63) is 0 Å². The van der Waals surface area contributed by atoms with Crippen LogP contribution in [0.15, 0.2) is 5.10 Å². The SMILES string of the molecule is O=C(O)CC1CCN(C(=O)C2=NNC(=O)CC2)CC1. The lowest BCUT2D eigenvalue weighted by molar-refractivity contribution is -0.138. The van der Waals surface area contributed by atoms with E-state index in [1.165, 1.54) is 0 Å². The molecule has 1 fully saturated rings. The van der Waals surface area contributed by atoms with Gasteiger partial charge in [0, 0.05) is 32.4 Å². The first-order valence-corrected chi connectivity index (χ1v) is 6.42. The number of carboxylic acids is 1. The van der Waals surface area contributed by atoms with Gasteiger partial charge in [0.15, 0.2) is 0 Å². The largest absolute Gasteiger partial charge is 0.481 e. The summed E-state index contributed by atoms with van der Waals surface area (Å²) in [5.74, 6) is -0.954. The van der Waals surface area contributed by atoms with Crippen LogP contribution < -0.4 is 5.43 Å². The lowest BCUT2D eigenvalue weighted by Gasteiger charge is -2.31. The molecular formula is C12H17N3O4. The number of hydrazone groups is 1. The summed E-state index contributed by atoms with van der Waals surface area (Å²) in [6, 6.07) is 0. The second kappa shape index (κ2) is 5.81. The zero-order valence-corrected chi connectivity index (χ0v) is 10.6. The molecule has 2 N–H and O–H groups in total. The Hall–Kier alpha value is -1.92. The summed E-state index contributed by atoms with van der Waals surface area (Å²) in [7, 11) is 0. The second-order valence-electron chi connectivity index (χ2n) is 4.93. The number of carboxylic acid groups (broad SMARTS) is 1. The molecule has 2 heterocycles. The maximum absolute atomic E-state index is 12.1. The van der Waals surface area contributed by atoms with E-state index in [0.717, 1.165) is 0 Å². The van der Waals surface area contributed by atoms with E-state index >= 15 is 0 Å². The molecule has 0 aromatic carbocycles. The van der Waals surface area contributed by atoms with Crippen LogP contribution in [0, 0.1) is 5.92 Å². The Balaban J connectivity index is 1.86. The van der Waals surface area contributed by atoms with Crippen LogP contribution in [0.5, 0.6) is 0 Å². The first-order chi connectivity index (χ1) is 9.06. The fraction of sp³-hybridized carbons (Fsp3) is 0.667. The summed E-state index contributed by atoms with van der Waals surface area (Å²) in [5.41, 5.74) is 2.70. The Morgan fingerprint density at radius 1 is 1.32 bits per heavy atom. The summed E-state index contributed by atoms with van der Waals surface area (Å²) in [5, 5.41) is 12.5. The average Bonchev–Trinajstić information content (AvgIpc) is 2.39. The molecule has 0 unspecified atom stereocenters. The smallest absolute Gasteiger partial charge is 0.303 e. The van der Waals surface area contributed by atoms with Crippen molar-refractivity contribution in [3.63, 3.8) is 0 Å². The highest BCUT2D eigenvalue weighted by Gasteiger charge is 2.28. The van der Waals surface area contributed by atoms with Crippen molar-refractivity contribution in [3.8, 4) is 0 Å². The fourth-order valence-corrected chi connectivity index (χ4v) is 2.40. The Morgan fingerprint density at radius 2 is 2.00 bits per heavy atom. The summed E-state index contributed by atoms with van der Waals surface area (Å²) in [4.78, 5) is 35.4. The number of nitrogens with zero attached hydrogens (tertiary/aromatic N) is 2. The predicted octanol–water partition coefficient (Wildman–Crippen LogP) is -0.0343. The first kappa shape index (κ1) is 13.5. The van der Waals surface area contributed by atoms with E-state index in [-0.39, 0.29) is 24.2 Å². The molecule has 2 rings (SSSR count). The van der Waals surface area contributed by atoms with Gasteiger partial charge in [-0.15, -0.1) is 0 Å². The number of hydrogen-bond donors (Lipinski definition) is 2. The van der Waals surface area contributed by atoms with Gasteiger partial charge in [0.25, 0.3) is 5.91 Å². The molecular weight excluding hydrogens is 250 g/mol. The van der Waals surface area contributed by atoms with Crippen LogP contribution in [0.1, 0.15) is 32.1 Å². The molecule has 0 radical (unpaired) electrons. The van der Waals surface area contributed by atoms with Crippen molar-refractivity contribution >= 4 is 23.5 Å². The highest BCUT2D eigenvalue weighted by Crippen LogP contribution is 2.21. The molecule has 7 nitrogen and oxygen atoms in total. The molecule has 7 heteroatoms. The van der Waals surface area contributed by atoms with Crippen LogP contribution in [0.4, 0.5) is 0 Å². The van der Waals surface area contributed by atoms with Crippen LogP contribution in [-0.2, 0) is 14.4 Å². The van der Waals surface area contributed by atoms with Crippen molar-refractivity contribution < 1.29 is 19.5 Å². The fourth-order valence-electron chi connectivity index (χ4n) is 2.40. The molecule has 0 saturated carbocycles. The molecule has 2 amide bonds. The van der Waals surface area contributed by atoms with E-state index < -0.39 is 5.97 Å². The molecule has 0 spiro atoms. The summed E-state index contributed by atoms with van der Waals surface area (Å²) < 4.78 is 0. The van der Waals surface area contributed by atoms with Crippen molar-refractivity contribution in [1.29, 1.82) is 0 Å². The molecule has 0 aliphatic carbocycles. The number of likely N-dealkylation sites (tertiary alicyclic amines) is 1. The van der Waals surface area contributed by atoms with Crippen LogP contribution in [0.2, 0.25) is 0 Å². The molecule has 0 aromatic rings. The number of carbonyl (C=O) groups excluding carboxylic acids is 2. The third-order valence-electron chi connectivity index (χ3n) is 3.52. The zero-order chi connectivity index (χ0) is 13.8.